The van der Waals surface area contributed by atoms with Gasteiger partial charge in [0.1, 0.15) is 11.2 Å². The Hall–Kier alpha value is -2.60. The fourth-order valence-corrected chi connectivity index (χ4v) is 4.01. The third-order valence-electron chi connectivity index (χ3n) is 3.78. The van der Waals surface area contributed by atoms with Crippen LogP contribution in [0.2, 0.25) is 0 Å². The van der Waals surface area contributed by atoms with Crippen LogP contribution < -0.4 is 5.32 Å². The van der Waals surface area contributed by atoms with Crippen LogP contribution >= 0.6 is 11.8 Å². The Labute approximate surface area is 137 Å². The normalized spacial score (nSPS) is 16.1. The van der Waals surface area contributed by atoms with Gasteiger partial charge in [-0.3, -0.25) is 9.78 Å². The molecular weight excluding hydrogens is 308 g/mol. The van der Waals surface area contributed by atoms with Crippen LogP contribution in [0.15, 0.2) is 61.2 Å². The van der Waals surface area contributed by atoms with Crippen LogP contribution in [0.1, 0.15) is 27.0 Å². The molecule has 5 nitrogen and oxygen atoms in total. The molecule has 1 atom stereocenters. The molecule has 1 amide bonds. The van der Waals surface area contributed by atoms with Crippen molar-refractivity contribution in [2.24, 2.45) is 0 Å². The fraction of sp³-hybridized carbons (Fsp3) is 0.118. The van der Waals surface area contributed by atoms with Crippen molar-refractivity contribution in [1.82, 2.24) is 14.5 Å². The first-order valence-corrected chi connectivity index (χ1v) is 8.31. The largest absolute Gasteiger partial charge is 0.333 e. The standard InChI is InChI=1S/C17H14N4OS/c22-16(20-15-5-1-2-8-19-15)13-6-9-21-14(13)11-23-17(21)12-4-3-7-18-10-12/h1-10,17H,11H2,(H,19,20,22). The molecule has 0 saturated carbocycles. The molecule has 0 radical (unpaired) electrons. The Bertz CT molecular complexity index is 832. The predicted molar refractivity (Wildman–Crippen MR) is 90.3 cm³/mol. The highest BCUT2D eigenvalue weighted by Crippen LogP contribution is 2.41. The molecule has 4 rings (SSSR count). The number of amides is 1. The molecule has 1 aliphatic heterocycles. The number of aromatic nitrogens is 3. The van der Waals surface area contributed by atoms with E-state index in [2.05, 4.69) is 25.9 Å². The molecule has 3 aromatic heterocycles. The maximum Gasteiger partial charge on any atom is 0.258 e. The van der Waals surface area contributed by atoms with Gasteiger partial charge < -0.3 is 9.88 Å². The highest BCUT2D eigenvalue weighted by atomic mass is 32.2. The summed E-state index contributed by atoms with van der Waals surface area (Å²) < 4.78 is 2.15. The second-order valence-electron chi connectivity index (χ2n) is 5.20. The van der Waals surface area contributed by atoms with Crippen LogP contribution in [0.3, 0.4) is 0 Å². The lowest BCUT2D eigenvalue weighted by Crippen LogP contribution is -2.14. The molecule has 0 aliphatic carbocycles. The summed E-state index contributed by atoms with van der Waals surface area (Å²) in [7, 11) is 0. The lowest BCUT2D eigenvalue weighted by atomic mass is 10.2. The van der Waals surface area contributed by atoms with Crippen LogP contribution in [0.5, 0.6) is 0 Å². The van der Waals surface area contributed by atoms with E-state index in [0.717, 1.165) is 17.0 Å². The molecule has 1 N–H and O–H groups in total. The Morgan fingerprint density at radius 3 is 2.96 bits per heavy atom. The van der Waals surface area contributed by atoms with Gasteiger partial charge in [0.25, 0.3) is 5.91 Å². The molecular formula is C17H14N4OS. The molecule has 0 fully saturated rings. The van der Waals surface area contributed by atoms with Crippen molar-refractivity contribution in [3.8, 4) is 0 Å². The van der Waals surface area contributed by atoms with E-state index in [1.807, 2.05) is 36.7 Å². The number of carbonyl (C=O) groups excluding carboxylic acids is 1. The number of nitrogens with one attached hydrogen (secondary N) is 1. The Kier molecular flexibility index (Phi) is 3.59. The highest BCUT2D eigenvalue weighted by molar-refractivity contribution is 7.99. The van der Waals surface area contributed by atoms with E-state index >= 15 is 0 Å². The van der Waals surface area contributed by atoms with Crippen LogP contribution in [0.25, 0.3) is 0 Å². The van der Waals surface area contributed by atoms with E-state index in [0.29, 0.717) is 11.4 Å². The lowest BCUT2D eigenvalue weighted by Gasteiger charge is -2.12. The van der Waals surface area contributed by atoms with Crippen molar-refractivity contribution in [2.45, 2.75) is 11.1 Å². The third-order valence-corrected chi connectivity index (χ3v) is 5.03. The van der Waals surface area contributed by atoms with Gasteiger partial charge in [0.15, 0.2) is 0 Å². The molecule has 23 heavy (non-hydrogen) atoms. The van der Waals surface area contributed by atoms with Gasteiger partial charge in [-0.25, -0.2) is 4.98 Å². The van der Waals surface area contributed by atoms with E-state index in [1.54, 1.807) is 30.2 Å². The average Bonchev–Trinajstić information content (AvgIpc) is 3.18. The number of thioether (sulfide) groups is 1. The summed E-state index contributed by atoms with van der Waals surface area (Å²) in [5.74, 6) is 1.24. The fourth-order valence-electron chi connectivity index (χ4n) is 2.70. The van der Waals surface area contributed by atoms with Crippen LogP contribution in [0.4, 0.5) is 5.82 Å². The Morgan fingerprint density at radius 1 is 1.22 bits per heavy atom. The summed E-state index contributed by atoms with van der Waals surface area (Å²) >= 11 is 1.80. The Morgan fingerprint density at radius 2 is 2.17 bits per heavy atom. The molecule has 0 aromatic carbocycles. The Balaban J connectivity index is 1.60. The zero-order valence-electron chi connectivity index (χ0n) is 12.2. The minimum atomic E-state index is -0.120. The highest BCUT2D eigenvalue weighted by Gasteiger charge is 2.28. The van der Waals surface area contributed by atoms with E-state index in [-0.39, 0.29) is 11.3 Å². The van der Waals surface area contributed by atoms with Crippen LogP contribution in [0, 0.1) is 0 Å². The van der Waals surface area contributed by atoms with Gasteiger partial charge in [-0.2, -0.15) is 0 Å². The summed E-state index contributed by atoms with van der Waals surface area (Å²) in [5, 5.41) is 3.02. The average molecular weight is 322 g/mol. The van der Waals surface area contributed by atoms with Crippen LogP contribution in [-0.4, -0.2) is 20.4 Å². The minimum absolute atomic E-state index is 0.120. The van der Waals surface area contributed by atoms with E-state index < -0.39 is 0 Å². The molecule has 1 unspecified atom stereocenters. The van der Waals surface area contributed by atoms with Crippen molar-refractivity contribution >= 4 is 23.5 Å². The number of hydrogen-bond acceptors (Lipinski definition) is 4. The van der Waals surface area contributed by atoms with Crippen molar-refractivity contribution in [3.05, 3.63) is 78.0 Å². The molecule has 0 saturated heterocycles. The third kappa shape index (κ3) is 2.61. The predicted octanol–water partition coefficient (Wildman–Crippen LogP) is 3.32. The molecule has 3 aromatic rings. The van der Waals surface area contributed by atoms with Crippen LogP contribution in [-0.2, 0) is 5.75 Å². The minimum Gasteiger partial charge on any atom is -0.333 e. The zero-order chi connectivity index (χ0) is 15.6. The summed E-state index contributed by atoms with van der Waals surface area (Å²) in [6.07, 6.45) is 7.28. The molecule has 1 aliphatic rings. The van der Waals surface area contributed by atoms with Gasteiger partial charge in [0, 0.05) is 41.8 Å². The van der Waals surface area contributed by atoms with Gasteiger partial charge in [0.2, 0.25) is 0 Å². The lowest BCUT2D eigenvalue weighted by molar-refractivity contribution is 0.102. The topological polar surface area (TPSA) is 59.8 Å². The number of rotatable bonds is 3. The van der Waals surface area contributed by atoms with Crippen molar-refractivity contribution in [2.75, 3.05) is 5.32 Å². The van der Waals surface area contributed by atoms with E-state index in [1.165, 1.54) is 0 Å². The second-order valence-corrected chi connectivity index (χ2v) is 6.27. The van der Waals surface area contributed by atoms with Gasteiger partial charge in [-0.1, -0.05) is 12.1 Å². The molecule has 114 valence electrons. The number of pyridine rings is 2. The van der Waals surface area contributed by atoms with Crippen molar-refractivity contribution in [3.63, 3.8) is 0 Å². The first-order valence-electron chi connectivity index (χ1n) is 7.26. The quantitative estimate of drug-likeness (QED) is 0.803. The first kappa shape index (κ1) is 14.0. The number of hydrogen-bond donors (Lipinski definition) is 1. The van der Waals surface area contributed by atoms with Gasteiger partial charge in [-0.05, 0) is 24.3 Å². The maximum atomic E-state index is 12.5. The van der Waals surface area contributed by atoms with E-state index in [4.69, 9.17) is 0 Å². The SMILES string of the molecule is O=C(Nc1ccccn1)c1ccn2c1CSC2c1cccnc1. The number of fused-ring (bicyclic) bond motifs is 1. The summed E-state index contributed by atoms with van der Waals surface area (Å²) in [5.41, 5.74) is 2.88. The number of anilines is 1. The number of carbonyl (C=O) groups is 1. The summed E-state index contributed by atoms with van der Waals surface area (Å²) in [4.78, 5) is 20.8. The molecule has 6 heteroatoms. The zero-order valence-corrected chi connectivity index (χ0v) is 13.0. The molecule has 4 heterocycles. The van der Waals surface area contributed by atoms with Gasteiger partial charge in [-0.15, -0.1) is 11.8 Å². The summed E-state index contributed by atoms with van der Waals surface area (Å²) in [6.45, 7) is 0. The monoisotopic (exact) mass is 322 g/mol. The molecule has 0 bridgehead atoms. The van der Waals surface area contributed by atoms with E-state index in [9.17, 15) is 4.79 Å². The van der Waals surface area contributed by atoms with Crippen molar-refractivity contribution < 1.29 is 4.79 Å². The van der Waals surface area contributed by atoms with Gasteiger partial charge in [0.05, 0.1) is 5.56 Å². The smallest absolute Gasteiger partial charge is 0.258 e. The molecule has 0 spiro atoms. The maximum absolute atomic E-state index is 12.5. The second kappa shape index (κ2) is 5.89. The van der Waals surface area contributed by atoms with Crippen molar-refractivity contribution in [1.29, 1.82) is 0 Å². The number of nitrogens with zero attached hydrogens (tertiary/aromatic N) is 3. The first-order chi connectivity index (χ1) is 11.3. The summed E-state index contributed by atoms with van der Waals surface area (Å²) in [6, 6.07) is 11.3. The van der Waals surface area contributed by atoms with Gasteiger partial charge >= 0.3 is 0 Å².